The molecular weight excluding hydrogens is 738 g/mol. The number of carboxylic acid groups (broad SMARTS) is 1. The van der Waals surface area contributed by atoms with E-state index in [1.807, 2.05) is 0 Å². The second-order valence-electron chi connectivity index (χ2n) is 10.6. The lowest BCUT2D eigenvalue weighted by atomic mass is 9.94. The second kappa shape index (κ2) is 15.4. The third-order valence-electron chi connectivity index (χ3n) is 7.70. The van der Waals surface area contributed by atoms with Crippen LogP contribution in [0.2, 0.25) is 0 Å². The van der Waals surface area contributed by atoms with Gasteiger partial charge in [-0.25, -0.2) is 9.59 Å². The Morgan fingerprint density at radius 2 is 1.88 bits per heavy atom. The van der Waals surface area contributed by atoms with Gasteiger partial charge >= 0.3 is 23.8 Å². The molecule has 18 nitrogen and oxygen atoms in total. The molecule has 3 aliphatic rings. The molecule has 0 saturated carbocycles. The van der Waals surface area contributed by atoms with Gasteiger partial charge in [0.15, 0.2) is 4.34 Å². The summed E-state index contributed by atoms with van der Waals surface area (Å²) >= 11 is 8.75. The number of aromatic nitrogens is 2. The number of aliphatic carboxylic acids is 1. The number of β-lactam (4-membered cyclic amide) rings is 1. The van der Waals surface area contributed by atoms with Gasteiger partial charge in [-0.1, -0.05) is 53.4 Å². The number of alkyl halides is 1. The van der Waals surface area contributed by atoms with E-state index in [0.29, 0.717) is 14.8 Å². The maximum Gasteiger partial charge on any atom is 0.352 e. The van der Waals surface area contributed by atoms with Gasteiger partial charge in [-0.05, 0) is 18.1 Å². The Hall–Kier alpha value is -4.73. The number of carboxylic acids is 1. The van der Waals surface area contributed by atoms with Gasteiger partial charge < -0.3 is 26.0 Å². The number of likely N-dealkylation sites (N-methyl/N-ethyl adjacent to an activating group) is 1. The molecule has 264 valence electrons. The van der Waals surface area contributed by atoms with E-state index < -0.39 is 58.6 Å². The van der Waals surface area contributed by atoms with E-state index in [-0.39, 0.29) is 59.8 Å². The van der Waals surface area contributed by atoms with Crippen LogP contribution < -0.4 is 21.3 Å². The first-order chi connectivity index (χ1) is 23.9. The van der Waals surface area contributed by atoms with Crippen molar-refractivity contribution in [2.24, 2.45) is 0 Å². The number of halogens is 1. The van der Waals surface area contributed by atoms with Gasteiger partial charge in [-0.3, -0.25) is 43.9 Å². The van der Waals surface area contributed by atoms with Gasteiger partial charge in [0.05, 0.1) is 0 Å². The maximum atomic E-state index is 13.9. The minimum absolute atomic E-state index is 0.0780. The highest BCUT2D eigenvalue weighted by Crippen LogP contribution is 2.46. The number of piperazine rings is 1. The highest BCUT2D eigenvalue weighted by molar-refractivity contribution is 8.02. The number of urea groups is 1. The first-order valence-electron chi connectivity index (χ1n) is 14.7. The van der Waals surface area contributed by atoms with Crippen molar-refractivity contribution in [3.05, 3.63) is 47.2 Å². The minimum Gasteiger partial charge on any atom is -0.477 e. The predicted octanol–water partition coefficient (Wildman–Crippen LogP) is -0.239. The van der Waals surface area contributed by atoms with E-state index in [0.717, 1.165) is 39.8 Å². The molecule has 0 radical (unpaired) electrons. The summed E-state index contributed by atoms with van der Waals surface area (Å²) in [5.41, 5.74) is -1.85. The molecule has 50 heavy (non-hydrogen) atoms. The van der Waals surface area contributed by atoms with Crippen molar-refractivity contribution in [1.82, 2.24) is 40.8 Å². The Morgan fingerprint density at radius 1 is 1.14 bits per heavy atom. The lowest BCUT2D eigenvalue weighted by Gasteiger charge is -2.56. The number of fused-ring (bicyclic) bond motifs is 1. The van der Waals surface area contributed by atoms with Crippen LogP contribution >= 0.6 is 46.5 Å². The van der Waals surface area contributed by atoms with E-state index in [9.17, 15) is 43.5 Å². The Morgan fingerprint density at radius 3 is 2.54 bits per heavy atom. The van der Waals surface area contributed by atoms with Crippen molar-refractivity contribution in [2.75, 3.05) is 42.3 Å². The normalized spacial score (nSPS) is 20.8. The summed E-state index contributed by atoms with van der Waals surface area (Å²) in [6.07, 6.45) is 0.190. The monoisotopic (exact) mass is 765 g/mol. The van der Waals surface area contributed by atoms with Crippen LogP contribution in [0.25, 0.3) is 0 Å². The van der Waals surface area contributed by atoms with Crippen LogP contribution in [0.5, 0.6) is 0 Å². The zero-order valence-corrected chi connectivity index (χ0v) is 29.1. The van der Waals surface area contributed by atoms with Crippen LogP contribution in [0.15, 0.2) is 45.9 Å². The highest BCUT2D eigenvalue weighted by Gasteiger charge is 2.66. The topological polar surface area (TPSA) is 240 Å². The average molecular weight is 766 g/mol. The predicted molar refractivity (Wildman–Crippen MR) is 179 cm³/mol. The first kappa shape index (κ1) is 36.5. The molecule has 8 amide bonds. The average Bonchev–Trinajstić information content (AvgIpc) is 3.56. The number of hydrogen-bond donors (Lipinski definition) is 5. The number of carbonyl (C=O) groups is 8. The van der Waals surface area contributed by atoms with Crippen molar-refractivity contribution >= 4 is 99.5 Å². The van der Waals surface area contributed by atoms with Gasteiger partial charge in [0.1, 0.15) is 23.0 Å². The summed E-state index contributed by atoms with van der Waals surface area (Å²) in [5.74, 6) is -5.88. The van der Waals surface area contributed by atoms with Gasteiger partial charge in [0.2, 0.25) is 29.0 Å². The molecule has 1 aromatic carbocycles. The smallest absolute Gasteiger partial charge is 0.352 e. The molecule has 5 N–H and O–H groups in total. The van der Waals surface area contributed by atoms with E-state index in [1.54, 1.807) is 25.1 Å². The molecule has 2 saturated heterocycles. The molecule has 1 unspecified atom stereocenters. The van der Waals surface area contributed by atoms with Gasteiger partial charge in [0.25, 0.3) is 5.91 Å². The van der Waals surface area contributed by atoms with Gasteiger partial charge in [0, 0.05) is 31.1 Å². The van der Waals surface area contributed by atoms with Crippen LogP contribution in [-0.2, 0) is 33.6 Å². The molecule has 22 heteroatoms. The van der Waals surface area contributed by atoms with Crippen molar-refractivity contribution in [3.8, 4) is 0 Å². The number of thioether (sulfide) groups is 2. The zero-order valence-electron chi connectivity index (χ0n) is 25.9. The number of carbonyl (C=O) groups excluding carboxylic acids is 7. The van der Waals surface area contributed by atoms with Crippen LogP contribution in [0.4, 0.5) is 9.93 Å². The maximum absolute atomic E-state index is 13.9. The Bertz CT molecular complexity index is 1780. The standard InChI is InChI=1S/C28H28ClN9O9S3/c1-2-36-8-9-37(21(43)20(36)42)26(47)32-17(14-6-4-3-5-7-14)19(41)33-28(30-13-39)23(46)38-18(22(44)45)15(11-48-24(28)38)12-49-27-35-34-25(50-27)31-16(40)10-29/h3-7,13,17,24H,2,8-12H2,1H3,(H,30,39)(H,32,47)(H,33,41)(H,44,45)(H,31,34,40)/t17?,24-,28-/m1/s1. The Labute approximate surface area is 300 Å². The molecule has 4 heterocycles. The van der Waals surface area contributed by atoms with E-state index >= 15 is 0 Å². The molecular formula is C28H28ClN9O9S3. The summed E-state index contributed by atoms with van der Waals surface area (Å²) in [6.45, 7) is 1.93. The van der Waals surface area contributed by atoms with Crippen molar-refractivity contribution in [1.29, 1.82) is 0 Å². The summed E-state index contributed by atoms with van der Waals surface area (Å²) in [4.78, 5) is 105. The molecule has 2 aromatic rings. The summed E-state index contributed by atoms with van der Waals surface area (Å²) in [6, 6.07) is 5.32. The van der Waals surface area contributed by atoms with Crippen LogP contribution in [0.3, 0.4) is 0 Å². The first-order valence-corrected chi connectivity index (χ1v) is 18.1. The number of anilines is 1. The third kappa shape index (κ3) is 7.11. The Kier molecular flexibility index (Phi) is 11.3. The number of nitrogens with one attached hydrogen (secondary N) is 4. The van der Waals surface area contributed by atoms with Gasteiger partial charge in [-0.2, -0.15) is 0 Å². The molecule has 0 spiro atoms. The molecule has 5 rings (SSSR count). The number of imide groups is 1. The molecule has 3 aliphatic heterocycles. The molecule has 1 aromatic heterocycles. The Balaban J connectivity index is 1.36. The summed E-state index contributed by atoms with van der Waals surface area (Å²) in [5, 5.41) is 26.8. The zero-order chi connectivity index (χ0) is 36.2. The van der Waals surface area contributed by atoms with Crippen molar-refractivity contribution in [2.45, 2.75) is 28.3 Å². The third-order valence-corrected chi connectivity index (χ3v) is 11.4. The van der Waals surface area contributed by atoms with E-state index in [1.165, 1.54) is 17.0 Å². The number of rotatable bonds is 13. The summed E-state index contributed by atoms with van der Waals surface area (Å²) < 4.78 is 0.408. The number of amides is 8. The molecule has 2 fully saturated rings. The van der Waals surface area contributed by atoms with Crippen molar-refractivity contribution in [3.63, 3.8) is 0 Å². The fourth-order valence-electron chi connectivity index (χ4n) is 5.31. The molecule has 0 aliphatic carbocycles. The molecule has 3 atom stereocenters. The van der Waals surface area contributed by atoms with Crippen LogP contribution in [0.1, 0.15) is 18.5 Å². The highest BCUT2D eigenvalue weighted by atomic mass is 35.5. The van der Waals surface area contributed by atoms with E-state index in [2.05, 4.69) is 31.5 Å². The molecule has 0 bridgehead atoms. The lowest BCUT2D eigenvalue weighted by Crippen LogP contribution is -2.85. The quantitative estimate of drug-likeness (QED) is 0.0337. The second-order valence-corrected chi connectivity index (χ2v) is 14.2. The summed E-state index contributed by atoms with van der Waals surface area (Å²) in [7, 11) is 0. The van der Waals surface area contributed by atoms with Crippen LogP contribution in [-0.4, -0.2) is 126 Å². The van der Waals surface area contributed by atoms with Crippen molar-refractivity contribution < 1.29 is 43.5 Å². The lowest BCUT2D eigenvalue weighted by molar-refractivity contribution is -0.163. The SMILES string of the molecule is CCN1CCN(C(=O)NC(C(=O)N[C@]2(NC=O)C(=O)N3C(C(=O)O)=C(CSc4nnc(NC(=O)CCl)s4)CS[C@@H]32)c2ccccc2)C(=O)C1=O. The number of hydrogen-bond acceptors (Lipinski definition) is 13. The minimum atomic E-state index is -2.10. The number of nitrogens with zero attached hydrogens (tertiary/aromatic N) is 5. The van der Waals surface area contributed by atoms with Crippen LogP contribution in [0, 0.1) is 0 Å². The number of benzene rings is 1. The fourth-order valence-corrected chi connectivity index (χ4v) is 8.71. The largest absolute Gasteiger partial charge is 0.477 e. The van der Waals surface area contributed by atoms with E-state index in [4.69, 9.17) is 11.6 Å². The fraction of sp³-hybridized carbons (Fsp3) is 0.357. The van der Waals surface area contributed by atoms with Gasteiger partial charge in [-0.15, -0.1) is 33.6 Å².